The van der Waals surface area contributed by atoms with Gasteiger partial charge in [0.05, 0.1) is 0 Å². The van der Waals surface area contributed by atoms with E-state index in [0.29, 0.717) is 51.4 Å². The van der Waals surface area contributed by atoms with Crippen LogP contribution in [0.4, 0.5) is 0 Å². The molecule has 0 aromatic heterocycles. The molecule has 2 saturated heterocycles. The Hall–Kier alpha value is -1.72. The second-order valence-electron chi connectivity index (χ2n) is 6.29. The first-order chi connectivity index (χ1) is 11.0. The maximum absolute atomic E-state index is 12.2. The Labute approximate surface area is 135 Å². The van der Waals surface area contributed by atoms with Gasteiger partial charge in [0.2, 0.25) is 0 Å². The van der Waals surface area contributed by atoms with Gasteiger partial charge in [-0.2, -0.15) is 0 Å². The third-order valence-electron chi connectivity index (χ3n) is 4.56. The molecule has 0 aromatic carbocycles. The van der Waals surface area contributed by atoms with Crippen molar-refractivity contribution in [2.75, 3.05) is 0 Å². The van der Waals surface area contributed by atoms with Crippen molar-refractivity contribution < 1.29 is 28.7 Å². The van der Waals surface area contributed by atoms with Gasteiger partial charge in [-0.05, 0) is 19.3 Å². The normalized spacial score (nSPS) is 25.1. The molecule has 0 N–H and O–H groups in total. The molecule has 0 bridgehead atoms. The average Bonchev–Trinajstić information content (AvgIpc) is 3.13. The molecule has 0 amide bonds. The van der Waals surface area contributed by atoms with Crippen LogP contribution < -0.4 is 0 Å². The SMILES string of the molecule is CCC(=O)CCCC(=O)CC(C1CCC(=O)O1)C1CCC(=O)O1. The smallest absolute Gasteiger partial charge is 0.306 e. The molecular weight excluding hydrogens is 300 g/mol. The van der Waals surface area contributed by atoms with Crippen molar-refractivity contribution in [3.63, 3.8) is 0 Å². The molecular formula is C17H24O6. The predicted molar refractivity (Wildman–Crippen MR) is 80.5 cm³/mol. The Balaban J connectivity index is 1.89. The van der Waals surface area contributed by atoms with Crippen molar-refractivity contribution in [2.45, 2.75) is 76.9 Å². The fourth-order valence-electron chi connectivity index (χ4n) is 3.22. The molecule has 2 unspecified atom stereocenters. The minimum atomic E-state index is -0.348. The van der Waals surface area contributed by atoms with E-state index in [-0.39, 0.29) is 48.1 Å². The van der Waals surface area contributed by atoms with E-state index in [2.05, 4.69) is 0 Å². The van der Waals surface area contributed by atoms with Crippen LogP contribution in [0.25, 0.3) is 0 Å². The van der Waals surface area contributed by atoms with Crippen LogP contribution >= 0.6 is 0 Å². The highest BCUT2D eigenvalue weighted by Crippen LogP contribution is 2.33. The Morgan fingerprint density at radius 2 is 1.52 bits per heavy atom. The lowest BCUT2D eigenvalue weighted by molar-refractivity contribution is -0.151. The number of esters is 2. The number of Topliss-reactive ketones (excluding diaryl/α,β-unsaturated/α-hetero) is 2. The summed E-state index contributed by atoms with van der Waals surface area (Å²) in [6.45, 7) is 1.81. The van der Waals surface area contributed by atoms with Crippen LogP contribution in [0.3, 0.4) is 0 Å². The number of rotatable bonds is 9. The van der Waals surface area contributed by atoms with Gasteiger partial charge in [-0.3, -0.25) is 19.2 Å². The van der Waals surface area contributed by atoms with Crippen LogP contribution in [0, 0.1) is 5.92 Å². The van der Waals surface area contributed by atoms with Crippen molar-refractivity contribution in [3.8, 4) is 0 Å². The zero-order valence-corrected chi connectivity index (χ0v) is 13.5. The topological polar surface area (TPSA) is 86.7 Å². The molecule has 2 atom stereocenters. The van der Waals surface area contributed by atoms with Gasteiger partial charge in [0.15, 0.2) is 0 Å². The lowest BCUT2D eigenvalue weighted by Crippen LogP contribution is -2.33. The summed E-state index contributed by atoms with van der Waals surface area (Å²) in [4.78, 5) is 46.2. The lowest BCUT2D eigenvalue weighted by Gasteiger charge is -2.26. The van der Waals surface area contributed by atoms with Crippen LogP contribution in [0.5, 0.6) is 0 Å². The minimum Gasteiger partial charge on any atom is -0.462 e. The zero-order chi connectivity index (χ0) is 16.8. The first-order valence-electron chi connectivity index (χ1n) is 8.42. The van der Waals surface area contributed by atoms with E-state index in [1.807, 2.05) is 6.92 Å². The summed E-state index contributed by atoms with van der Waals surface area (Å²) >= 11 is 0. The lowest BCUT2D eigenvalue weighted by atomic mass is 9.86. The summed E-state index contributed by atoms with van der Waals surface area (Å²) in [6.07, 6.45) is 3.17. The van der Waals surface area contributed by atoms with Gasteiger partial charge in [-0.25, -0.2) is 0 Å². The Bertz CT molecular complexity index is 457. The summed E-state index contributed by atoms with van der Waals surface area (Å²) in [7, 11) is 0. The molecule has 0 saturated carbocycles. The number of hydrogen-bond acceptors (Lipinski definition) is 6. The molecule has 6 heteroatoms. The van der Waals surface area contributed by atoms with Gasteiger partial charge in [0, 0.05) is 44.4 Å². The monoisotopic (exact) mass is 324 g/mol. The number of ether oxygens (including phenoxy) is 2. The van der Waals surface area contributed by atoms with Gasteiger partial charge in [-0.15, -0.1) is 0 Å². The summed E-state index contributed by atoms with van der Waals surface area (Å²) in [5.74, 6) is -0.591. The first kappa shape index (κ1) is 17.6. The van der Waals surface area contributed by atoms with E-state index in [0.717, 1.165) is 0 Å². The van der Waals surface area contributed by atoms with Gasteiger partial charge in [0.1, 0.15) is 23.8 Å². The quantitative estimate of drug-likeness (QED) is 0.604. The predicted octanol–water partition coefficient (Wildman–Crippen LogP) is 2.12. The van der Waals surface area contributed by atoms with E-state index in [1.165, 1.54) is 0 Å². The highest BCUT2D eigenvalue weighted by Gasteiger charge is 2.41. The molecule has 2 aliphatic heterocycles. The third-order valence-corrected chi connectivity index (χ3v) is 4.56. The Morgan fingerprint density at radius 1 is 1.00 bits per heavy atom. The van der Waals surface area contributed by atoms with Crippen LogP contribution in [-0.4, -0.2) is 35.7 Å². The van der Waals surface area contributed by atoms with E-state index >= 15 is 0 Å². The van der Waals surface area contributed by atoms with E-state index in [4.69, 9.17) is 9.47 Å². The van der Waals surface area contributed by atoms with Crippen molar-refractivity contribution >= 4 is 23.5 Å². The molecule has 23 heavy (non-hydrogen) atoms. The van der Waals surface area contributed by atoms with Crippen molar-refractivity contribution in [2.24, 2.45) is 5.92 Å². The fraction of sp³-hybridized carbons (Fsp3) is 0.765. The zero-order valence-electron chi connectivity index (χ0n) is 13.5. The first-order valence-corrected chi connectivity index (χ1v) is 8.42. The van der Waals surface area contributed by atoms with Crippen LogP contribution in [0.2, 0.25) is 0 Å². The van der Waals surface area contributed by atoms with E-state index in [1.54, 1.807) is 0 Å². The minimum absolute atomic E-state index is 0.0322. The summed E-state index contributed by atoms with van der Waals surface area (Å²) in [6, 6.07) is 0. The molecule has 2 aliphatic rings. The van der Waals surface area contributed by atoms with Gasteiger partial charge < -0.3 is 9.47 Å². The molecule has 0 radical (unpaired) electrons. The third kappa shape index (κ3) is 5.15. The fourth-order valence-corrected chi connectivity index (χ4v) is 3.22. The van der Waals surface area contributed by atoms with E-state index < -0.39 is 0 Å². The molecule has 0 aromatic rings. The molecule has 2 fully saturated rings. The molecule has 2 rings (SSSR count). The highest BCUT2D eigenvalue weighted by atomic mass is 16.6. The molecule has 6 nitrogen and oxygen atoms in total. The van der Waals surface area contributed by atoms with E-state index in [9.17, 15) is 19.2 Å². The molecule has 0 spiro atoms. The largest absolute Gasteiger partial charge is 0.462 e. The van der Waals surface area contributed by atoms with Gasteiger partial charge in [0.25, 0.3) is 0 Å². The summed E-state index contributed by atoms with van der Waals surface area (Å²) in [5, 5.41) is 0. The number of cyclic esters (lactones) is 2. The van der Waals surface area contributed by atoms with Gasteiger partial charge >= 0.3 is 11.9 Å². The van der Waals surface area contributed by atoms with Crippen LogP contribution in [-0.2, 0) is 28.7 Å². The average molecular weight is 324 g/mol. The van der Waals surface area contributed by atoms with Crippen molar-refractivity contribution in [1.82, 2.24) is 0 Å². The Kier molecular flexibility index (Phi) is 6.30. The summed E-state index contributed by atoms with van der Waals surface area (Å²) in [5.41, 5.74) is 0. The molecule has 0 aliphatic carbocycles. The van der Waals surface area contributed by atoms with Crippen LogP contribution in [0.1, 0.15) is 64.7 Å². The van der Waals surface area contributed by atoms with Gasteiger partial charge in [-0.1, -0.05) is 6.92 Å². The second-order valence-corrected chi connectivity index (χ2v) is 6.29. The maximum atomic E-state index is 12.2. The summed E-state index contributed by atoms with van der Waals surface area (Å²) < 4.78 is 10.6. The Morgan fingerprint density at radius 3 is 1.96 bits per heavy atom. The second kappa shape index (κ2) is 8.22. The van der Waals surface area contributed by atoms with Crippen molar-refractivity contribution in [1.29, 1.82) is 0 Å². The number of hydrogen-bond donors (Lipinski definition) is 0. The number of ketones is 2. The molecule has 128 valence electrons. The number of carbonyl (C=O) groups is 4. The number of carbonyl (C=O) groups excluding carboxylic acids is 4. The van der Waals surface area contributed by atoms with Crippen molar-refractivity contribution in [3.05, 3.63) is 0 Å². The van der Waals surface area contributed by atoms with Crippen LogP contribution in [0.15, 0.2) is 0 Å². The molecule has 2 heterocycles. The highest BCUT2D eigenvalue weighted by molar-refractivity contribution is 5.81. The standard InChI is InChI=1S/C17H24O6/c1-2-11(18)4-3-5-12(19)10-13(14-6-8-16(20)22-14)15-7-9-17(21)23-15/h13-15H,2-10H2,1H3. The maximum Gasteiger partial charge on any atom is 0.306 e.